The molecule has 0 radical (unpaired) electrons. The molecular formula is C17H15N3O4. The van der Waals surface area contributed by atoms with Crippen LogP contribution in [0.15, 0.2) is 36.5 Å². The predicted octanol–water partition coefficient (Wildman–Crippen LogP) is 2.75. The Morgan fingerprint density at radius 2 is 2.21 bits per heavy atom. The summed E-state index contributed by atoms with van der Waals surface area (Å²) < 4.78 is 16.1. The predicted molar refractivity (Wildman–Crippen MR) is 85.1 cm³/mol. The zero-order chi connectivity index (χ0) is 16.8. The Balaban J connectivity index is 1.69. The van der Waals surface area contributed by atoms with Crippen molar-refractivity contribution in [2.45, 2.75) is 12.8 Å². The molecule has 2 heterocycles. The molecule has 0 saturated carbocycles. The van der Waals surface area contributed by atoms with E-state index in [4.69, 9.17) is 19.5 Å². The van der Waals surface area contributed by atoms with Gasteiger partial charge in [0, 0.05) is 18.2 Å². The number of nitriles is 1. The number of nitrogens with zero attached hydrogens (tertiary/aromatic N) is 2. The molecule has 1 aliphatic heterocycles. The summed E-state index contributed by atoms with van der Waals surface area (Å²) in [4.78, 5) is 16.5. The number of hydrogen-bond donors (Lipinski definition) is 1. The Bertz CT molecular complexity index is 786. The van der Waals surface area contributed by atoms with E-state index in [0.717, 1.165) is 0 Å². The number of ether oxygens (including phenoxy) is 3. The van der Waals surface area contributed by atoms with Crippen molar-refractivity contribution < 1.29 is 19.0 Å². The fourth-order valence-electron chi connectivity index (χ4n) is 2.15. The summed E-state index contributed by atoms with van der Waals surface area (Å²) in [5.41, 5.74) is 0.431. The molecule has 0 aliphatic carbocycles. The minimum atomic E-state index is -0.325. The molecular weight excluding hydrogens is 310 g/mol. The van der Waals surface area contributed by atoms with E-state index in [0.29, 0.717) is 48.1 Å². The van der Waals surface area contributed by atoms with Gasteiger partial charge in [0.25, 0.3) is 5.91 Å². The SMILES string of the molecule is N#CCCCOc1cccnc1NC(=O)c1ccc2c(c1)OCO2. The summed E-state index contributed by atoms with van der Waals surface area (Å²) in [6.45, 7) is 0.535. The number of anilines is 1. The third kappa shape index (κ3) is 3.55. The van der Waals surface area contributed by atoms with Crippen LogP contribution in [-0.4, -0.2) is 24.3 Å². The Hall–Kier alpha value is -3.27. The first-order valence-electron chi connectivity index (χ1n) is 7.43. The van der Waals surface area contributed by atoms with Crippen LogP contribution >= 0.6 is 0 Å². The molecule has 1 N–H and O–H groups in total. The van der Waals surface area contributed by atoms with Crippen molar-refractivity contribution in [3.63, 3.8) is 0 Å². The number of unbranched alkanes of at least 4 members (excludes halogenated alkanes) is 1. The summed E-state index contributed by atoms with van der Waals surface area (Å²) in [6.07, 6.45) is 2.59. The zero-order valence-electron chi connectivity index (χ0n) is 12.8. The van der Waals surface area contributed by atoms with Crippen LogP contribution < -0.4 is 19.5 Å². The molecule has 1 aromatic heterocycles. The van der Waals surface area contributed by atoms with Gasteiger partial charge in [-0.25, -0.2) is 4.98 Å². The molecule has 1 aliphatic rings. The number of carbonyl (C=O) groups excluding carboxylic acids is 1. The van der Waals surface area contributed by atoms with Crippen LogP contribution in [0.3, 0.4) is 0 Å². The molecule has 1 amide bonds. The first-order valence-corrected chi connectivity index (χ1v) is 7.43. The number of nitrogens with one attached hydrogen (secondary N) is 1. The fourth-order valence-corrected chi connectivity index (χ4v) is 2.15. The Morgan fingerprint density at radius 1 is 1.33 bits per heavy atom. The van der Waals surface area contributed by atoms with Gasteiger partial charge in [-0.2, -0.15) is 5.26 Å². The summed E-state index contributed by atoms with van der Waals surface area (Å²) in [5, 5.41) is 11.3. The van der Waals surface area contributed by atoms with E-state index in [1.54, 1.807) is 36.5 Å². The average Bonchev–Trinajstić information content (AvgIpc) is 3.07. The number of fused-ring (bicyclic) bond motifs is 1. The molecule has 3 rings (SSSR count). The maximum Gasteiger partial charge on any atom is 0.257 e. The van der Waals surface area contributed by atoms with Crippen molar-refractivity contribution in [3.8, 4) is 23.3 Å². The van der Waals surface area contributed by atoms with Gasteiger partial charge >= 0.3 is 0 Å². The third-order valence-electron chi connectivity index (χ3n) is 3.33. The van der Waals surface area contributed by atoms with Gasteiger partial charge in [0.05, 0.1) is 12.7 Å². The van der Waals surface area contributed by atoms with Crippen LogP contribution in [0.1, 0.15) is 23.2 Å². The molecule has 0 fully saturated rings. The van der Waals surface area contributed by atoms with Crippen molar-refractivity contribution in [1.82, 2.24) is 4.98 Å². The zero-order valence-corrected chi connectivity index (χ0v) is 12.8. The van der Waals surface area contributed by atoms with Crippen LogP contribution in [0, 0.1) is 11.3 Å². The highest BCUT2D eigenvalue weighted by Gasteiger charge is 2.17. The van der Waals surface area contributed by atoms with Crippen molar-refractivity contribution in [2.75, 3.05) is 18.7 Å². The van der Waals surface area contributed by atoms with Crippen molar-refractivity contribution >= 4 is 11.7 Å². The maximum absolute atomic E-state index is 12.4. The summed E-state index contributed by atoms with van der Waals surface area (Å²) in [7, 11) is 0. The summed E-state index contributed by atoms with van der Waals surface area (Å²) >= 11 is 0. The summed E-state index contributed by atoms with van der Waals surface area (Å²) in [6, 6.07) is 10.5. The lowest BCUT2D eigenvalue weighted by Gasteiger charge is -2.11. The van der Waals surface area contributed by atoms with E-state index < -0.39 is 0 Å². The molecule has 0 unspecified atom stereocenters. The van der Waals surface area contributed by atoms with Crippen molar-refractivity contribution in [2.24, 2.45) is 0 Å². The van der Waals surface area contributed by atoms with E-state index in [-0.39, 0.29) is 12.7 Å². The second kappa shape index (κ2) is 7.33. The monoisotopic (exact) mass is 325 g/mol. The highest BCUT2D eigenvalue weighted by molar-refractivity contribution is 6.04. The van der Waals surface area contributed by atoms with Crippen LogP contribution in [0.25, 0.3) is 0 Å². The molecule has 0 spiro atoms. The topological polar surface area (TPSA) is 93.5 Å². The van der Waals surface area contributed by atoms with Gasteiger partial charge in [-0.1, -0.05) is 0 Å². The van der Waals surface area contributed by atoms with E-state index in [9.17, 15) is 4.79 Å². The Morgan fingerprint density at radius 3 is 3.08 bits per heavy atom. The van der Waals surface area contributed by atoms with Crippen molar-refractivity contribution in [3.05, 3.63) is 42.1 Å². The molecule has 0 saturated heterocycles. The van der Waals surface area contributed by atoms with Gasteiger partial charge < -0.3 is 19.5 Å². The van der Waals surface area contributed by atoms with Crippen molar-refractivity contribution in [1.29, 1.82) is 5.26 Å². The first-order chi connectivity index (χ1) is 11.8. The lowest BCUT2D eigenvalue weighted by atomic mass is 10.2. The Kier molecular flexibility index (Phi) is 4.77. The largest absolute Gasteiger partial charge is 0.490 e. The standard InChI is InChI=1S/C17H15N3O4/c18-7-1-2-9-22-14-4-3-8-19-16(14)20-17(21)12-5-6-13-15(10-12)24-11-23-13/h3-6,8,10H,1-2,9,11H2,(H,19,20,21). The number of aromatic nitrogens is 1. The number of pyridine rings is 1. The molecule has 122 valence electrons. The molecule has 0 atom stereocenters. The van der Waals surface area contributed by atoms with Crippen LogP contribution in [-0.2, 0) is 0 Å². The third-order valence-corrected chi connectivity index (χ3v) is 3.33. The Labute approximate surface area is 138 Å². The smallest absolute Gasteiger partial charge is 0.257 e. The highest BCUT2D eigenvalue weighted by atomic mass is 16.7. The van der Waals surface area contributed by atoms with Gasteiger partial charge in [-0.15, -0.1) is 0 Å². The minimum Gasteiger partial charge on any atom is -0.490 e. The number of hydrogen-bond acceptors (Lipinski definition) is 6. The molecule has 24 heavy (non-hydrogen) atoms. The van der Waals surface area contributed by atoms with Gasteiger partial charge in [-0.3, -0.25) is 4.79 Å². The average molecular weight is 325 g/mol. The van der Waals surface area contributed by atoms with Crippen LogP contribution in [0.5, 0.6) is 17.2 Å². The first kappa shape index (κ1) is 15.6. The van der Waals surface area contributed by atoms with Gasteiger partial charge in [0.1, 0.15) is 0 Å². The van der Waals surface area contributed by atoms with E-state index in [2.05, 4.69) is 16.4 Å². The lowest BCUT2D eigenvalue weighted by Crippen LogP contribution is -2.14. The lowest BCUT2D eigenvalue weighted by molar-refractivity contribution is 0.102. The quantitative estimate of drug-likeness (QED) is 0.821. The highest BCUT2D eigenvalue weighted by Crippen LogP contribution is 2.32. The molecule has 7 nitrogen and oxygen atoms in total. The second-order valence-electron chi connectivity index (χ2n) is 4.98. The molecule has 7 heteroatoms. The number of carbonyl (C=O) groups is 1. The van der Waals surface area contributed by atoms with Crippen LogP contribution in [0.4, 0.5) is 5.82 Å². The minimum absolute atomic E-state index is 0.154. The molecule has 0 bridgehead atoms. The second-order valence-corrected chi connectivity index (χ2v) is 4.98. The van der Waals surface area contributed by atoms with E-state index >= 15 is 0 Å². The van der Waals surface area contributed by atoms with Crippen LogP contribution in [0.2, 0.25) is 0 Å². The van der Waals surface area contributed by atoms with E-state index in [1.165, 1.54) is 0 Å². The summed E-state index contributed by atoms with van der Waals surface area (Å²) in [5.74, 6) is 1.62. The maximum atomic E-state index is 12.4. The number of rotatable bonds is 6. The molecule has 2 aromatic rings. The number of amides is 1. The molecule has 1 aromatic carbocycles. The van der Waals surface area contributed by atoms with Gasteiger partial charge in [-0.05, 0) is 36.8 Å². The number of benzene rings is 1. The van der Waals surface area contributed by atoms with Gasteiger partial charge in [0.2, 0.25) is 6.79 Å². The fraction of sp³-hybridized carbons (Fsp3) is 0.235. The van der Waals surface area contributed by atoms with Gasteiger partial charge in [0.15, 0.2) is 23.1 Å². The van der Waals surface area contributed by atoms with E-state index in [1.807, 2.05) is 0 Å². The normalized spacial score (nSPS) is 11.6.